The van der Waals surface area contributed by atoms with E-state index in [9.17, 15) is 0 Å². The van der Waals surface area contributed by atoms with Crippen molar-refractivity contribution in [2.75, 3.05) is 7.05 Å². The highest BCUT2D eigenvalue weighted by atomic mass is 14.9. The Morgan fingerprint density at radius 2 is 1.65 bits per heavy atom. The number of aryl methyl sites for hydroxylation is 2. The van der Waals surface area contributed by atoms with Crippen molar-refractivity contribution in [2.24, 2.45) is 0 Å². The lowest BCUT2D eigenvalue weighted by Gasteiger charge is -2.17. The summed E-state index contributed by atoms with van der Waals surface area (Å²) in [5.41, 5.74) is 4.28. The van der Waals surface area contributed by atoms with Crippen LogP contribution >= 0.6 is 0 Å². The van der Waals surface area contributed by atoms with Crippen molar-refractivity contribution in [3.05, 3.63) is 34.9 Å². The molecule has 0 aliphatic carbocycles. The van der Waals surface area contributed by atoms with Crippen LogP contribution in [0.1, 0.15) is 68.6 Å². The van der Waals surface area contributed by atoms with Gasteiger partial charge in [-0.1, -0.05) is 63.6 Å². The van der Waals surface area contributed by atoms with E-state index in [0.717, 1.165) is 6.42 Å². The van der Waals surface area contributed by atoms with Gasteiger partial charge in [-0.05, 0) is 50.4 Å². The van der Waals surface area contributed by atoms with Gasteiger partial charge in [-0.2, -0.15) is 0 Å². The Balaban J connectivity index is 2.29. The molecule has 0 aliphatic heterocycles. The topological polar surface area (TPSA) is 12.0 Å². The predicted octanol–water partition coefficient (Wildman–Crippen LogP) is 5.18. The third-order valence-electron chi connectivity index (χ3n) is 4.37. The van der Waals surface area contributed by atoms with E-state index in [-0.39, 0.29) is 0 Å². The standard InChI is InChI=1S/C19H33N/c1-5-6-7-8-9-10-11-19(20-4)15-18-13-12-16(2)17(3)14-18/h12-14,19-20H,5-11,15H2,1-4H3. The normalized spacial score (nSPS) is 12.6. The van der Waals surface area contributed by atoms with Crippen LogP contribution in [0.25, 0.3) is 0 Å². The number of rotatable bonds is 10. The van der Waals surface area contributed by atoms with Crippen molar-refractivity contribution in [2.45, 2.75) is 78.2 Å². The first kappa shape index (κ1) is 17.2. The van der Waals surface area contributed by atoms with Crippen LogP contribution in [0.3, 0.4) is 0 Å². The lowest BCUT2D eigenvalue weighted by atomic mass is 9.97. The molecule has 0 fully saturated rings. The minimum atomic E-state index is 0.628. The van der Waals surface area contributed by atoms with Crippen LogP contribution in [0.5, 0.6) is 0 Å². The third kappa shape index (κ3) is 6.56. The molecule has 1 unspecified atom stereocenters. The molecule has 1 atom stereocenters. The van der Waals surface area contributed by atoms with E-state index < -0.39 is 0 Å². The maximum Gasteiger partial charge on any atom is 0.0104 e. The van der Waals surface area contributed by atoms with Crippen molar-refractivity contribution in [1.29, 1.82) is 0 Å². The highest BCUT2D eigenvalue weighted by Crippen LogP contribution is 2.15. The fourth-order valence-electron chi connectivity index (χ4n) is 2.73. The molecule has 1 aromatic carbocycles. The quantitative estimate of drug-likeness (QED) is 0.580. The van der Waals surface area contributed by atoms with E-state index in [1.165, 1.54) is 61.6 Å². The second kappa shape index (κ2) is 9.99. The molecule has 1 N–H and O–H groups in total. The summed E-state index contributed by atoms with van der Waals surface area (Å²) < 4.78 is 0. The van der Waals surface area contributed by atoms with Crippen molar-refractivity contribution >= 4 is 0 Å². The summed E-state index contributed by atoms with van der Waals surface area (Å²) in [6.45, 7) is 6.67. The number of likely N-dealkylation sites (N-methyl/N-ethyl adjacent to an activating group) is 1. The van der Waals surface area contributed by atoms with E-state index in [4.69, 9.17) is 0 Å². The Hall–Kier alpha value is -0.820. The van der Waals surface area contributed by atoms with Gasteiger partial charge < -0.3 is 5.32 Å². The van der Waals surface area contributed by atoms with Crippen LogP contribution < -0.4 is 5.32 Å². The van der Waals surface area contributed by atoms with E-state index in [0.29, 0.717) is 6.04 Å². The molecule has 0 aromatic heterocycles. The Labute approximate surface area is 126 Å². The first-order valence-corrected chi connectivity index (χ1v) is 8.40. The van der Waals surface area contributed by atoms with Crippen molar-refractivity contribution in [3.8, 4) is 0 Å². The lowest BCUT2D eigenvalue weighted by Crippen LogP contribution is -2.27. The van der Waals surface area contributed by atoms with Gasteiger partial charge in [0, 0.05) is 6.04 Å². The molecular weight excluding hydrogens is 242 g/mol. The Kier molecular flexibility index (Phi) is 8.60. The van der Waals surface area contributed by atoms with Gasteiger partial charge in [0.1, 0.15) is 0 Å². The van der Waals surface area contributed by atoms with E-state index in [1.807, 2.05) is 0 Å². The van der Waals surface area contributed by atoms with Gasteiger partial charge in [-0.15, -0.1) is 0 Å². The summed E-state index contributed by atoms with van der Waals surface area (Å²) in [5, 5.41) is 3.49. The van der Waals surface area contributed by atoms with Gasteiger partial charge in [0.05, 0.1) is 0 Å². The van der Waals surface area contributed by atoms with Crippen LogP contribution in [0, 0.1) is 13.8 Å². The number of hydrogen-bond acceptors (Lipinski definition) is 1. The van der Waals surface area contributed by atoms with Gasteiger partial charge in [0.15, 0.2) is 0 Å². The summed E-state index contributed by atoms with van der Waals surface area (Å²) in [6.07, 6.45) is 10.8. The minimum Gasteiger partial charge on any atom is -0.317 e. The first-order chi connectivity index (χ1) is 9.67. The Bertz CT molecular complexity index is 370. The molecule has 0 saturated carbocycles. The summed E-state index contributed by atoms with van der Waals surface area (Å²) in [6, 6.07) is 7.51. The Morgan fingerprint density at radius 3 is 2.30 bits per heavy atom. The first-order valence-electron chi connectivity index (χ1n) is 8.40. The molecule has 0 bridgehead atoms. The SMILES string of the molecule is CCCCCCCCC(Cc1ccc(C)c(C)c1)NC. The Morgan fingerprint density at radius 1 is 0.950 bits per heavy atom. The molecule has 1 aromatic rings. The fraction of sp³-hybridized carbons (Fsp3) is 0.684. The zero-order chi connectivity index (χ0) is 14.8. The summed E-state index contributed by atoms with van der Waals surface area (Å²) in [7, 11) is 2.10. The minimum absolute atomic E-state index is 0.628. The number of unbranched alkanes of at least 4 members (excludes halogenated alkanes) is 5. The number of benzene rings is 1. The molecular formula is C19H33N. The molecule has 0 radical (unpaired) electrons. The third-order valence-corrected chi connectivity index (χ3v) is 4.37. The average molecular weight is 275 g/mol. The highest BCUT2D eigenvalue weighted by molar-refractivity contribution is 5.30. The largest absolute Gasteiger partial charge is 0.317 e. The van der Waals surface area contributed by atoms with Crippen LogP contribution in [0.15, 0.2) is 18.2 Å². The molecule has 1 rings (SSSR count). The maximum atomic E-state index is 3.49. The number of nitrogens with one attached hydrogen (secondary N) is 1. The van der Waals surface area contributed by atoms with Crippen LogP contribution in [-0.2, 0) is 6.42 Å². The van der Waals surface area contributed by atoms with E-state index in [2.05, 4.69) is 51.3 Å². The van der Waals surface area contributed by atoms with E-state index >= 15 is 0 Å². The van der Waals surface area contributed by atoms with Crippen molar-refractivity contribution in [3.63, 3.8) is 0 Å². The lowest BCUT2D eigenvalue weighted by molar-refractivity contribution is 0.480. The molecule has 0 saturated heterocycles. The van der Waals surface area contributed by atoms with Crippen LogP contribution in [0.4, 0.5) is 0 Å². The van der Waals surface area contributed by atoms with Crippen LogP contribution in [-0.4, -0.2) is 13.1 Å². The molecule has 0 spiro atoms. The summed E-state index contributed by atoms with van der Waals surface area (Å²) in [5.74, 6) is 0. The van der Waals surface area contributed by atoms with Gasteiger partial charge >= 0.3 is 0 Å². The second-order valence-electron chi connectivity index (χ2n) is 6.16. The zero-order valence-electron chi connectivity index (χ0n) is 14.0. The molecule has 114 valence electrons. The molecule has 1 heteroatoms. The highest BCUT2D eigenvalue weighted by Gasteiger charge is 2.07. The average Bonchev–Trinajstić information content (AvgIpc) is 2.45. The molecule has 1 nitrogen and oxygen atoms in total. The molecule has 0 aliphatic rings. The predicted molar refractivity (Wildman–Crippen MR) is 90.5 cm³/mol. The molecule has 20 heavy (non-hydrogen) atoms. The van der Waals surface area contributed by atoms with Gasteiger partial charge in [-0.25, -0.2) is 0 Å². The van der Waals surface area contributed by atoms with Crippen molar-refractivity contribution < 1.29 is 0 Å². The fourth-order valence-corrected chi connectivity index (χ4v) is 2.73. The molecule has 0 heterocycles. The summed E-state index contributed by atoms with van der Waals surface area (Å²) >= 11 is 0. The van der Waals surface area contributed by atoms with Gasteiger partial charge in [0.2, 0.25) is 0 Å². The maximum absolute atomic E-state index is 3.49. The van der Waals surface area contributed by atoms with Crippen LogP contribution in [0.2, 0.25) is 0 Å². The monoisotopic (exact) mass is 275 g/mol. The second-order valence-corrected chi connectivity index (χ2v) is 6.16. The van der Waals surface area contributed by atoms with Gasteiger partial charge in [-0.3, -0.25) is 0 Å². The number of hydrogen-bond donors (Lipinski definition) is 1. The summed E-state index contributed by atoms with van der Waals surface area (Å²) in [4.78, 5) is 0. The zero-order valence-corrected chi connectivity index (χ0v) is 14.0. The van der Waals surface area contributed by atoms with Crippen molar-refractivity contribution in [1.82, 2.24) is 5.32 Å². The van der Waals surface area contributed by atoms with E-state index in [1.54, 1.807) is 0 Å². The molecule has 0 amide bonds. The van der Waals surface area contributed by atoms with Gasteiger partial charge in [0.25, 0.3) is 0 Å². The smallest absolute Gasteiger partial charge is 0.0104 e.